The van der Waals surface area contributed by atoms with Gasteiger partial charge in [0.1, 0.15) is 6.04 Å². The average molecular weight is 183 g/mol. The van der Waals surface area contributed by atoms with Gasteiger partial charge in [0, 0.05) is 13.1 Å². The number of hydrogen-bond donors (Lipinski definition) is 1. The van der Waals surface area contributed by atoms with E-state index in [1.54, 1.807) is 0 Å². The lowest BCUT2D eigenvalue weighted by Crippen LogP contribution is -2.55. The molecule has 13 heavy (non-hydrogen) atoms. The van der Waals surface area contributed by atoms with Crippen LogP contribution < -0.4 is 0 Å². The first-order valence-electron chi connectivity index (χ1n) is 5.19. The fraction of sp³-hybridized carbons (Fsp3) is 0.900. The Morgan fingerprint density at radius 2 is 2.15 bits per heavy atom. The van der Waals surface area contributed by atoms with Crippen molar-refractivity contribution in [2.24, 2.45) is 11.8 Å². The van der Waals surface area contributed by atoms with Crippen molar-refractivity contribution in [2.45, 2.75) is 32.2 Å². The molecule has 0 aromatic heterocycles. The van der Waals surface area contributed by atoms with E-state index in [2.05, 4.69) is 11.8 Å². The predicted octanol–water partition coefficient (Wildman–Crippen LogP) is 1.19. The summed E-state index contributed by atoms with van der Waals surface area (Å²) in [6, 6.07) is -0.164. The van der Waals surface area contributed by atoms with Crippen LogP contribution in [0.2, 0.25) is 0 Å². The van der Waals surface area contributed by atoms with Crippen LogP contribution in [0.15, 0.2) is 0 Å². The summed E-state index contributed by atoms with van der Waals surface area (Å²) in [5.41, 5.74) is 0. The van der Waals surface area contributed by atoms with Crippen molar-refractivity contribution in [3.63, 3.8) is 0 Å². The van der Waals surface area contributed by atoms with Gasteiger partial charge in [-0.3, -0.25) is 9.69 Å². The summed E-state index contributed by atoms with van der Waals surface area (Å²) >= 11 is 0. The van der Waals surface area contributed by atoms with Gasteiger partial charge >= 0.3 is 5.97 Å². The van der Waals surface area contributed by atoms with Gasteiger partial charge in [-0.1, -0.05) is 13.3 Å². The van der Waals surface area contributed by atoms with E-state index in [9.17, 15) is 4.79 Å². The second-order valence-corrected chi connectivity index (χ2v) is 4.35. The zero-order valence-electron chi connectivity index (χ0n) is 8.07. The van der Waals surface area contributed by atoms with Gasteiger partial charge in [0.25, 0.3) is 0 Å². The van der Waals surface area contributed by atoms with E-state index < -0.39 is 5.97 Å². The van der Waals surface area contributed by atoms with Gasteiger partial charge in [-0.2, -0.15) is 0 Å². The maximum Gasteiger partial charge on any atom is 0.321 e. The Bertz CT molecular complexity index is 207. The highest BCUT2D eigenvalue weighted by atomic mass is 16.4. The Kier molecular flexibility index (Phi) is 2.28. The molecule has 0 spiro atoms. The standard InChI is InChI=1S/C10H17NO2/c1-2-7-5-11(6-7)9(10(12)13)8-3-4-8/h7-9H,2-6H2,1H3,(H,12,13). The minimum atomic E-state index is -0.614. The molecule has 1 unspecified atom stereocenters. The molecule has 2 aliphatic rings. The summed E-state index contributed by atoms with van der Waals surface area (Å²) in [6.45, 7) is 4.18. The summed E-state index contributed by atoms with van der Waals surface area (Å²) in [4.78, 5) is 13.1. The SMILES string of the molecule is CCC1CN(C(C(=O)O)C2CC2)C1. The molecule has 74 valence electrons. The van der Waals surface area contributed by atoms with Crippen LogP contribution in [0.1, 0.15) is 26.2 Å². The number of nitrogens with zero attached hydrogens (tertiary/aromatic N) is 1. The highest BCUT2D eigenvalue weighted by Gasteiger charge is 2.44. The molecule has 1 saturated carbocycles. The number of carbonyl (C=O) groups is 1. The van der Waals surface area contributed by atoms with Crippen molar-refractivity contribution in [3.8, 4) is 0 Å². The van der Waals surface area contributed by atoms with Crippen molar-refractivity contribution >= 4 is 5.97 Å². The van der Waals surface area contributed by atoms with Gasteiger partial charge in [-0.25, -0.2) is 0 Å². The predicted molar refractivity (Wildman–Crippen MR) is 49.5 cm³/mol. The van der Waals surface area contributed by atoms with E-state index in [1.807, 2.05) is 0 Å². The first-order chi connectivity index (χ1) is 6.22. The van der Waals surface area contributed by atoms with Crippen molar-refractivity contribution in [1.29, 1.82) is 0 Å². The van der Waals surface area contributed by atoms with Crippen molar-refractivity contribution in [1.82, 2.24) is 4.90 Å². The Labute approximate surface area is 78.7 Å². The Morgan fingerprint density at radius 3 is 2.54 bits per heavy atom. The maximum atomic E-state index is 11.0. The van der Waals surface area contributed by atoms with E-state index in [0.29, 0.717) is 5.92 Å². The molecule has 0 amide bonds. The molecule has 2 rings (SSSR count). The largest absolute Gasteiger partial charge is 0.480 e. The fourth-order valence-electron chi connectivity index (χ4n) is 2.16. The van der Waals surface area contributed by atoms with Crippen LogP contribution in [0.5, 0.6) is 0 Å². The average Bonchev–Trinajstić information content (AvgIpc) is 2.77. The lowest BCUT2D eigenvalue weighted by Gasteiger charge is -2.42. The van der Waals surface area contributed by atoms with Gasteiger partial charge in [-0.15, -0.1) is 0 Å². The first kappa shape index (κ1) is 9.00. The quantitative estimate of drug-likeness (QED) is 0.711. The molecule has 1 heterocycles. The number of hydrogen-bond acceptors (Lipinski definition) is 2. The van der Waals surface area contributed by atoms with E-state index in [1.165, 1.54) is 6.42 Å². The van der Waals surface area contributed by atoms with Gasteiger partial charge in [0.05, 0.1) is 0 Å². The Hall–Kier alpha value is -0.570. The summed E-state index contributed by atoms with van der Waals surface area (Å²) < 4.78 is 0. The molecule has 0 bridgehead atoms. The van der Waals surface area contributed by atoms with Crippen LogP contribution >= 0.6 is 0 Å². The van der Waals surface area contributed by atoms with Gasteiger partial charge in [-0.05, 0) is 24.7 Å². The van der Waals surface area contributed by atoms with Crippen molar-refractivity contribution < 1.29 is 9.90 Å². The summed E-state index contributed by atoms with van der Waals surface area (Å²) in [6.07, 6.45) is 3.42. The summed E-state index contributed by atoms with van der Waals surface area (Å²) in [5.74, 6) is 0.591. The van der Waals surface area contributed by atoms with Crippen LogP contribution in [0, 0.1) is 11.8 Å². The number of carboxylic acid groups (broad SMARTS) is 1. The zero-order valence-corrected chi connectivity index (χ0v) is 8.07. The van der Waals surface area contributed by atoms with Crippen LogP contribution in [0.25, 0.3) is 0 Å². The van der Waals surface area contributed by atoms with Gasteiger partial charge in [0.15, 0.2) is 0 Å². The van der Waals surface area contributed by atoms with Gasteiger partial charge in [0.2, 0.25) is 0 Å². The third-order valence-corrected chi connectivity index (χ3v) is 3.28. The number of aliphatic carboxylic acids is 1. The lowest BCUT2D eigenvalue weighted by molar-refractivity contribution is -0.147. The topological polar surface area (TPSA) is 40.5 Å². The van der Waals surface area contributed by atoms with Gasteiger partial charge < -0.3 is 5.11 Å². The maximum absolute atomic E-state index is 11.0. The molecule has 0 aromatic carbocycles. The van der Waals surface area contributed by atoms with Crippen LogP contribution in [0.4, 0.5) is 0 Å². The molecule has 1 saturated heterocycles. The smallest absolute Gasteiger partial charge is 0.321 e. The molecular formula is C10H17NO2. The van der Waals surface area contributed by atoms with E-state index >= 15 is 0 Å². The second-order valence-electron chi connectivity index (χ2n) is 4.35. The molecule has 2 fully saturated rings. The number of rotatable bonds is 4. The summed E-state index contributed by atoms with van der Waals surface area (Å²) in [5, 5.41) is 9.04. The van der Waals surface area contributed by atoms with Crippen LogP contribution in [-0.4, -0.2) is 35.1 Å². The lowest BCUT2D eigenvalue weighted by atomic mass is 9.94. The molecule has 3 nitrogen and oxygen atoms in total. The summed E-state index contributed by atoms with van der Waals surface area (Å²) in [7, 11) is 0. The number of likely N-dealkylation sites (tertiary alicyclic amines) is 1. The molecule has 0 radical (unpaired) electrons. The van der Waals surface area contributed by atoms with E-state index in [0.717, 1.165) is 31.8 Å². The molecule has 1 aliphatic carbocycles. The zero-order chi connectivity index (χ0) is 9.42. The first-order valence-corrected chi connectivity index (χ1v) is 5.19. The third kappa shape index (κ3) is 1.70. The minimum Gasteiger partial charge on any atom is -0.480 e. The Balaban J connectivity index is 1.87. The van der Waals surface area contributed by atoms with Crippen LogP contribution in [0.3, 0.4) is 0 Å². The Morgan fingerprint density at radius 1 is 1.54 bits per heavy atom. The highest BCUT2D eigenvalue weighted by molar-refractivity contribution is 5.74. The molecule has 1 N–H and O–H groups in total. The third-order valence-electron chi connectivity index (χ3n) is 3.28. The normalized spacial score (nSPS) is 26.8. The molecule has 1 atom stereocenters. The highest BCUT2D eigenvalue weighted by Crippen LogP contribution is 2.38. The van der Waals surface area contributed by atoms with Crippen molar-refractivity contribution in [3.05, 3.63) is 0 Å². The van der Waals surface area contributed by atoms with Crippen LogP contribution in [-0.2, 0) is 4.79 Å². The number of carboxylic acids is 1. The molecular weight excluding hydrogens is 166 g/mol. The van der Waals surface area contributed by atoms with E-state index in [4.69, 9.17) is 5.11 Å². The fourth-order valence-corrected chi connectivity index (χ4v) is 2.16. The molecule has 1 aliphatic heterocycles. The monoisotopic (exact) mass is 183 g/mol. The molecule has 0 aromatic rings. The van der Waals surface area contributed by atoms with Crippen molar-refractivity contribution in [2.75, 3.05) is 13.1 Å². The second kappa shape index (κ2) is 3.29. The molecule has 3 heteroatoms. The van der Waals surface area contributed by atoms with E-state index in [-0.39, 0.29) is 6.04 Å². The minimum absolute atomic E-state index is 0.164.